The van der Waals surface area contributed by atoms with Gasteiger partial charge in [0.15, 0.2) is 5.13 Å². The molecule has 0 aliphatic rings. The fourth-order valence-corrected chi connectivity index (χ4v) is 2.94. The van der Waals surface area contributed by atoms with Crippen molar-refractivity contribution in [1.82, 2.24) is 25.2 Å². The van der Waals surface area contributed by atoms with Crippen molar-refractivity contribution in [1.29, 1.82) is 0 Å². The number of nitrogens with zero attached hydrogens (tertiary/aromatic N) is 5. The Morgan fingerprint density at radius 1 is 1.32 bits per heavy atom. The minimum Gasteiger partial charge on any atom is -0.300 e. The maximum atomic E-state index is 11.8. The monoisotopic (exact) mass is 378 g/mol. The van der Waals surface area contributed by atoms with Crippen LogP contribution in [0.4, 0.5) is 5.13 Å². The number of carbonyl (C=O) groups is 1. The number of nitrogens with one attached hydrogen (secondary N) is 1. The van der Waals surface area contributed by atoms with Gasteiger partial charge in [-0.1, -0.05) is 28.1 Å². The molecule has 3 rings (SSSR count). The Kier molecular flexibility index (Phi) is 4.54. The summed E-state index contributed by atoms with van der Waals surface area (Å²) in [6.45, 7) is 0.0641. The molecular weight excluding hydrogens is 368 g/mol. The minimum atomic E-state index is -0.211. The summed E-state index contributed by atoms with van der Waals surface area (Å²) >= 11 is 4.87. The standard InChI is InChI=1S/C13H11BrN6OS/c14-10-3-1-9(2-4-10)5-11-6-15-13(22-11)17-12(21)7-20-8-16-18-19-20/h1-4,6,8H,5,7H2,(H,15,17,21). The van der Waals surface area contributed by atoms with Crippen LogP contribution in [0.2, 0.25) is 0 Å². The lowest BCUT2D eigenvalue weighted by molar-refractivity contribution is -0.116. The van der Waals surface area contributed by atoms with Crippen molar-refractivity contribution < 1.29 is 4.79 Å². The SMILES string of the molecule is O=C(Cn1cnnn1)Nc1ncc(Cc2ccc(Br)cc2)s1. The van der Waals surface area contributed by atoms with Crippen molar-refractivity contribution in [3.05, 3.63) is 51.7 Å². The van der Waals surface area contributed by atoms with Crippen molar-refractivity contribution in [3.63, 3.8) is 0 Å². The Labute approximate surface area is 138 Å². The Hall–Kier alpha value is -2.13. The zero-order chi connectivity index (χ0) is 15.4. The summed E-state index contributed by atoms with van der Waals surface area (Å²) in [6, 6.07) is 8.12. The zero-order valence-electron chi connectivity index (χ0n) is 11.3. The normalized spacial score (nSPS) is 10.6. The van der Waals surface area contributed by atoms with E-state index in [9.17, 15) is 4.79 Å². The fourth-order valence-electron chi connectivity index (χ4n) is 1.81. The van der Waals surface area contributed by atoms with Crippen molar-refractivity contribution in [2.75, 3.05) is 5.32 Å². The lowest BCUT2D eigenvalue weighted by atomic mass is 10.1. The van der Waals surface area contributed by atoms with Gasteiger partial charge >= 0.3 is 0 Å². The quantitative estimate of drug-likeness (QED) is 0.734. The molecule has 3 aromatic rings. The van der Waals surface area contributed by atoms with Gasteiger partial charge < -0.3 is 5.32 Å². The van der Waals surface area contributed by atoms with E-state index in [0.717, 1.165) is 15.8 Å². The molecule has 9 heteroatoms. The van der Waals surface area contributed by atoms with E-state index < -0.39 is 0 Å². The molecule has 0 spiro atoms. The third kappa shape index (κ3) is 3.95. The van der Waals surface area contributed by atoms with E-state index in [1.165, 1.54) is 27.9 Å². The first-order chi connectivity index (χ1) is 10.7. The first kappa shape index (κ1) is 14.8. The molecule has 0 aliphatic heterocycles. The lowest BCUT2D eigenvalue weighted by Gasteiger charge is -2.00. The van der Waals surface area contributed by atoms with Gasteiger partial charge in [0, 0.05) is 22.0 Å². The number of benzene rings is 1. The summed E-state index contributed by atoms with van der Waals surface area (Å²) in [4.78, 5) is 17.1. The Morgan fingerprint density at radius 3 is 2.86 bits per heavy atom. The highest BCUT2D eigenvalue weighted by Crippen LogP contribution is 2.22. The predicted octanol–water partition coefficient (Wildman–Crippen LogP) is 2.12. The number of carbonyl (C=O) groups excluding carboxylic acids is 1. The van der Waals surface area contributed by atoms with Crippen LogP contribution in [0.1, 0.15) is 10.4 Å². The van der Waals surface area contributed by atoms with E-state index in [-0.39, 0.29) is 12.5 Å². The molecule has 1 N–H and O–H groups in total. The van der Waals surface area contributed by atoms with Crippen LogP contribution in [0.5, 0.6) is 0 Å². The van der Waals surface area contributed by atoms with Gasteiger partial charge in [0.2, 0.25) is 5.91 Å². The number of tetrazole rings is 1. The Balaban J connectivity index is 1.58. The van der Waals surface area contributed by atoms with Gasteiger partial charge in [0.1, 0.15) is 12.9 Å². The predicted molar refractivity (Wildman–Crippen MR) is 85.5 cm³/mol. The maximum absolute atomic E-state index is 11.8. The molecule has 2 heterocycles. The molecule has 0 atom stereocenters. The van der Waals surface area contributed by atoms with E-state index >= 15 is 0 Å². The summed E-state index contributed by atoms with van der Waals surface area (Å²) in [5.74, 6) is -0.211. The first-order valence-corrected chi connectivity index (χ1v) is 8.00. The summed E-state index contributed by atoms with van der Waals surface area (Å²) in [5.41, 5.74) is 1.19. The second-order valence-electron chi connectivity index (χ2n) is 4.49. The molecule has 0 fully saturated rings. The van der Waals surface area contributed by atoms with Crippen molar-refractivity contribution >= 4 is 38.3 Å². The third-order valence-corrected chi connectivity index (χ3v) is 4.23. The van der Waals surface area contributed by atoms with Crippen LogP contribution in [0.25, 0.3) is 0 Å². The molecule has 7 nitrogen and oxygen atoms in total. The van der Waals surface area contributed by atoms with Crippen molar-refractivity contribution in [2.24, 2.45) is 0 Å². The molecule has 0 unspecified atom stereocenters. The van der Waals surface area contributed by atoms with Crippen LogP contribution in [0, 0.1) is 0 Å². The van der Waals surface area contributed by atoms with Gasteiger partial charge in [-0.05, 0) is 28.1 Å². The Bertz CT molecular complexity index is 755. The number of amides is 1. The highest BCUT2D eigenvalue weighted by Gasteiger charge is 2.08. The number of rotatable bonds is 5. The minimum absolute atomic E-state index is 0.0641. The van der Waals surface area contributed by atoms with Gasteiger partial charge in [-0.25, -0.2) is 9.67 Å². The fraction of sp³-hybridized carbons (Fsp3) is 0.154. The number of anilines is 1. The molecule has 0 saturated heterocycles. The lowest BCUT2D eigenvalue weighted by Crippen LogP contribution is -2.18. The molecule has 0 radical (unpaired) electrons. The number of hydrogen-bond acceptors (Lipinski definition) is 6. The number of halogens is 1. The number of aromatic nitrogens is 5. The third-order valence-electron chi connectivity index (χ3n) is 2.79. The van der Waals surface area contributed by atoms with Crippen LogP contribution in [-0.2, 0) is 17.8 Å². The topological polar surface area (TPSA) is 85.6 Å². The summed E-state index contributed by atoms with van der Waals surface area (Å²) < 4.78 is 2.40. The van der Waals surface area contributed by atoms with E-state index in [0.29, 0.717) is 5.13 Å². The van der Waals surface area contributed by atoms with Gasteiger partial charge in [0.25, 0.3) is 0 Å². The molecule has 0 aliphatic carbocycles. The van der Waals surface area contributed by atoms with Crippen LogP contribution in [0.15, 0.2) is 41.3 Å². The van der Waals surface area contributed by atoms with Gasteiger partial charge in [0.05, 0.1) is 0 Å². The molecular formula is C13H11BrN6OS. The van der Waals surface area contributed by atoms with Crippen LogP contribution >= 0.6 is 27.3 Å². The first-order valence-electron chi connectivity index (χ1n) is 6.39. The molecule has 112 valence electrons. The maximum Gasteiger partial charge on any atom is 0.248 e. The van der Waals surface area contributed by atoms with Crippen LogP contribution in [0.3, 0.4) is 0 Å². The zero-order valence-corrected chi connectivity index (χ0v) is 13.7. The summed E-state index contributed by atoms with van der Waals surface area (Å²) in [7, 11) is 0. The average Bonchev–Trinajstić information content (AvgIpc) is 3.14. The molecule has 2 aromatic heterocycles. The van der Waals surface area contributed by atoms with Crippen molar-refractivity contribution in [3.8, 4) is 0 Å². The molecule has 0 saturated carbocycles. The van der Waals surface area contributed by atoms with Gasteiger partial charge in [-0.15, -0.1) is 16.4 Å². The van der Waals surface area contributed by atoms with E-state index in [4.69, 9.17) is 0 Å². The summed E-state index contributed by atoms with van der Waals surface area (Å²) in [6.07, 6.45) is 3.95. The number of thiazole rings is 1. The highest BCUT2D eigenvalue weighted by molar-refractivity contribution is 9.10. The van der Waals surface area contributed by atoms with E-state index in [1.807, 2.05) is 12.1 Å². The van der Waals surface area contributed by atoms with E-state index in [2.05, 4.69) is 53.9 Å². The van der Waals surface area contributed by atoms with Gasteiger partial charge in [-0.2, -0.15) is 0 Å². The van der Waals surface area contributed by atoms with Crippen LogP contribution < -0.4 is 5.32 Å². The highest BCUT2D eigenvalue weighted by atomic mass is 79.9. The van der Waals surface area contributed by atoms with Crippen LogP contribution in [-0.4, -0.2) is 31.1 Å². The molecule has 22 heavy (non-hydrogen) atoms. The largest absolute Gasteiger partial charge is 0.300 e. The molecule has 0 bridgehead atoms. The molecule has 1 amide bonds. The Morgan fingerprint density at radius 2 is 2.14 bits per heavy atom. The second-order valence-corrected chi connectivity index (χ2v) is 6.52. The van der Waals surface area contributed by atoms with E-state index in [1.54, 1.807) is 6.20 Å². The summed E-state index contributed by atoms with van der Waals surface area (Å²) in [5, 5.41) is 13.9. The average molecular weight is 379 g/mol. The van der Waals surface area contributed by atoms with Gasteiger partial charge in [-0.3, -0.25) is 4.79 Å². The molecule has 1 aromatic carbocycles. The number of hydrogen-bond donors (Lipinski definition) is 1. The van der Waals surface area contributed by atoms with Crippen molar-refractivity contribution in [2.45, 2.75) is 13.0 Å². The second kappa shape index (κ2) is 6.75. The smallest absolute Gasteiger partial charge is 0.248 e.